The van der Waals surface area contributed by atoms with Gasteiger partial charge in [-0.25, -0.2) is 27.3 Å². The van der Waals surface area contributed by atoms with Crippen LogP contribution in [0.5, 0.6) is 17.2 Å². The van der Waals surface area contributed by atoms with E-state index in [4.69, 9.17) is 41.7 Å². The summed E-state index contributed by atoms with van der Waals surface area (Å²) in [4.78, 5) is 80.2. The number of hydrogen-bond donors (Lipinski definition) is 2. The topological polar surface area (TPSA) is 231 Å². The van der Waals surface area contributed by atoms with E-state index < -0.39 is 134 Å². The van der Waals surface area contributed by atoms with Crippen LogP contribution in [0.1, 0.15) is 191 Å². The maximum Gasteiger partial charge on any atom is 0.417 e. The van der Waals surface area contributed by atoms with Gasteiger partial charge in [0.1, 0.15) is 84.0 Å². The number of anilines is 3. The van der Waals surface area contributed by atoms with Gasteiger partial charge in [0.05, 0.1) is 52.7 Å². The Labute approximate surface area is 715 Å². The molecule has 0 spiro atoms. The fourth-order valence-corrected chi connectivity index (χ4v) is 34.7. The Morgan fingerprint density at radius 3 is 0.925 bits per heavy atom. The van der Waals surface area contributed by atoms with E-state index in [1.165, 1.54) is 37.5 Å². The molecule has 5 aromatic rings. The lowest BCUT2D eigenvalue weighted by Crippen LogP contribution is -2.73. The molecule has 0 unspecified atom stereocenters. The van der Waals surface area contributed by atoms with Crippen molar-refractivity contribution >= 4 is 77.6 Å². The SMILES string of the molecule is CC(C)[Si](O[C@H]1C(=O)N(C(=O)OC(C)(C)C)[C@H]1[C@H](C)F)(C(C)C)C(C)C.CC(C)[Si](O[C@H]1C(=O)N[C@H]1[C@H](C)F)(C(C)C)C(C)C.COc1ccc(N2C(=O)[C@H](OCc3ccccc3)[C@@H]2[C@@H](C)O)cc1.COc1ccc(N2C(=O)[C@H](OCc3ccccc3)[C@@H]2[C@H](C)F)cc1.COc1ccc(N2C(=O)[C@H](O[Si](C(C)C)(C(C)C)C(C)C)[C@@H]2[C@H](C)F)cc1. The first-order chi connectivity index (χ1) is 56.1. The molecular formula is C92H139F4N5O16Si3. The lowest BCUT2D eigenvalue weighted by Gasteiger charge is -2.53. The summed E-state index contributed by atoms with van der Waals surface area (Å²) in [5.41, 5.74) is 6.29. The average Bonchev–Trinajstić information content (AvgIpc) is 0.748. The highest BCUT2D eigenvalue weighted by Gasteiger charge is 2.62. The van der Waals surface area contributed by atoms with Crippen LogP contribution in [0.3, 0.4) is 0 Å². The molecule has 10 rings (SSSR count). The number of nitrogens with one attached hydrogen (secondary N) is 1. The van der Waals surface area contributed by atoms with Crippen LogP contribution in [-0.4, -0.2) is 189 Å². The molecule has 0 radical (unpaired) electrons. The zero-order chi connectivity index (χ0) is 90.3. The van der Waals surface area contributed by atoms with Gasteiger partial charge in [-0.3, -0.25) is 24.0 Å². The number of β-lactam (4-membered cyclic amide) rings is 5. The molecule has 668 valence electrons. The van der Waals surface area contributed by atoms with Gasteiger partial charge in [-0.1, -0.05) is 185 Å². The third kappa shape index (κ3) is 22.9. The molecule has 0 aromatic heterocycles. The maximum atomic E-state index is 14.5. The second kappa shape index (κ2) is 43.7. The molecule has 21 nitrogen and oxygen atoms in total. The highest BCUT2D eigenvalue weighted by Crippen LogP contribution is 2.50. The minimum atomic E-state index is -2.37. The number of nitrogens with zero attached hydrogens (tertiary/aromatic N) is 4. The molecule has 5 aromatic carbocycles. The van der Waals surface area contributed by atoms with E-state index in [1.54, 1.807) is 127 Å². The van der Waals surface area contributed by atoms with Crippen LogP contribution in [0.2, 0.25) is 49.9 Å². The van der Waals surface area contributed by atoms with Crippen molar-refractivity contribution in [1.82, 2.24) is 10.2 Å². The summed E-state index contributed by atoms with van der Waals surface area (Å²) >= 11 is 0. The lowest BCUT2D eigenvalue weighted by atomic mass is 9.92. The van der Waals surface area contributed by atoms with Crippen molar-refractivity contribution in [1.29, 1.82) is 0 Å². The zero-order valence-corrected chi connectivity index (χ0v) is 79.3. The smallest absolute Gasteiger partial charge is 0.417 e. The second-order valence-electron chi connectivity index (χ2n) is 35.9. The minimum absolute atomic E-state index is 0.137. The number of halogens is 4. The summed E-state index contributed by atoms with van der Waals surface area (Å²) in [6.07, 6.45) is -9.91. The molecule has 28 heteroatoms. The monoisotopic (exact) mass is 1730 g/mol. The number of aliphatic hydroxyl groups excluding tert-OH is 1. The number of carbonyl (C=O) groups is 6. The number of aliphatic hydroxyl groups is 1. The molecule has 5 fully saturated rings. The van der Waals surface area contributed by atoms with Gasteiger partial charge in [0.25, 0.3) is 29.5 Å². The largest absolute Gasteiger partial charge is 0.497 e. The highest BCUT2D eigenvalue weighted by atomic mass is 28.4. The van der Waals surface area contributed by atoms with E-state index in [9.17, 15) is 51.4 Å². The number of likely N-dealkylation sites (tertiary alicyclic amines) is 1. The summed E-state index contributed by atoms with van der Waals surface area (Å²) in [7, 11) is -2.00. The minimum Gasteiger partial charge on any atom is -0.497 e. The Morgan fingerprint density at radius 1 is 0.383 bits per heavy atom. The van der Waals surface area contributed by atoms with E-state index in [1.807, 2.05) is 60.7 Å². The van der Waals surface area contributed by atoms with Gasteiger partial charge >= 0.3 is 6.09 Å². The molecule has 0 saturated carbocycles. The number of benzene rings is 5. The predicted octanol–water partition coefficient (Wildman–Crippen LogP) is 19.5. The highest BCUT2D eigenvalue weighted by molar-refractivity contribution is 6.79. The molecule has 2 N–H and O–H groups in total. The van der Waals surface area contributed by atoms with Crippen molar-refractivity contribution in [2.45, 2.75) is 340 Å². The number of ether oxygens (including phenoxy) is 6. The molecule has 120 heavy (non-hydrogen) atoms. The van der Waals surface area contributed by atoms with E-state index in [2.05, 4.69) is 130 Å². The normalized spacial score (nSPS) is 22.4. The van der Waals surface area contributed by atoms with Crippen LogP contribution in [0.4, 0.5) is 39.4 Å². The Hall–Kier alpha value is -7.55. The molecule has 0 aliphatic carbocycles. The zero-order valence-electron chi connectivity index (χ0n) is 76.3. The van der Waals surface area contributed by atoms with Crippen LogP contribution < -0.4 is 34.2 Å². The fourth-order valence-electron chi connectivity index (χ4n) is 18.2. The average molecular weight is 1730 g/mol. The molecule has 5 heterocycles. The van der Waals surface area contributed by atoms with Crippen LogP contribution in [0.15, 0.2) is 133 Å². The second-order valence-corrected chi connectivity index (χ2v) is 52.1. The van der Waals surface area contributed by atoms with Crippen molar-refractivity contribution in [2.24, 2.45) is 0 Å². The van der Waals surface area contributed by atoms with Crippen molar-refractivity contribution in [3.8, 4) is 17.2 Å². The summed E-state index contributed by atoms with van der Waals surface area (Å²) in [5.74, 6) is 0.961. The summed E-state index contributed by atoms with van der Waals surface area (Å²) < 4.78 is 108. The maximum absolute atomic E-state index is 14.5. The fraction of sp³-hybridized carbons (Fsp3) is 0.609. The van der Waals surface area contributed by atoms with E-state index in [-0.39, 0.29) is 46.9 Å². The Morgan fingerprint density at radius 2 is 0.658 bits per heavy atom. The van der Waals surface area contributed by atoms with Gasteiger partial charge in [-0.05, 0) is 189 Å². The van der Waals surface area contributed by atoms with Gasteiger partial charge in [0.15, 0.2) is 12.2 Å². The standard InChI is InChI=1S/C21H34FNO3Si.C19H36FNO4Si.C19H20FNO3.C19H21NO4.C14H28FNO2Si/c1-13(2)27(14(3)4,15(5)6)26-20-19(16(7)22)23(21(20)24)17-9-11-18(25-8)12-10-17;1-11(2)26(12(3)4,13(5)6)25-16-15(14(7)20)21(17(16)22)18(23)24-19(8,9)10;1-13(20)17-18(24-12-14-6-4-3-5-7-14)19(22)21(17)15-8-10-16(23-2)11-9-15;1-13(21)17-18(24-12-14-6-4-3-5-7-14)19(22)20(17)15-8-10-16(23-2)11-9-15;1-8(2)19(9(3)4,10(5)6)18-13-12(11(7)15)16-14(13)17/h9-16,19-20H,1-8H3;11-16H,1-10H3;3-11,13,17-18H,12H2,1-2H3;3-11,13,17-18,21H,12H2,1-2H3;8-13H,1-7H3,(H,16,17)/t16-,19-,20+;14-,15-,16+;13-,17-,18+;13-,17+,18-;11-,12-,13+/m00010/s1. The third-order valence-corrected chi connectivity index (χ3v) is 42.2. The number of hydrogen-bond acceptors (Lipinski definition) is 16. The number of rotatable bonds is 32. The van der Waals surface area contributed by atoms with Gasteiger partial charge in [-0.15, -0.1) is 0 Å². The molecule has 15 atom stereocenters. The predicted molar refractivity (Wildman–Crippen MR) is 473 cm³/mol. The van der Waals surface area contributed by atoms with Gasteiger partial charge in [0, 0.05) is 17.1 Å². The molecule has 6 amide bonds. The number of carbonyl (C=O) groups excluding carboxylic acids is 6. The van der Waals surface area contributed by atoms with Crippen molar-refractivity contribution in [3.63, 3.8) is 0 Å². The van der Waals surface area contributed by atoms with Crippen LogP contribution in [0.25, 0.3) is 0 Å². The third-order valence-electron chi connectivity index (χ3n) is 24.0. The number of imide groups is 1. The first-order valence-electron chi connectivity index (χ1n) is 42.5. The quantitative estimate of drug-likeness (QED) is 0.0232. The number of alkyl halides is 4. The van der Waals surface area contributed by atoms with Gasteiger partial charge < -0.3 is 66.8 Å². The molecule has 5 aliphatic heterocycles. The van der Waals surface area contributed by atoms with E-state index in [0.29, 0.717) is 62.7 Å². The molecular weight excluding hydrogens is 1590 g/mol. The van der Waals surface area contributed by atoms with Gasteiger partial charge in [0.2, 0.25) is 25.0 Å². The van der Waals surface area contributed by atoms with Crippen molar-refractivity contribution in [2.75, 3.05) is 36.0 Å². The number of amides is 6. The number of methoxy groups -OCH3 is 3. The van der Waals surface area contributed by atoms with E-state index >= 15 is 0 Å². The van der Waals surface area contributed by atoms with Crippen LogP contribution in [0, 0.1) is 0 Å². The van der Waals surface area contributed by atoms with Crippen LogP contribution >= 0.6 is 0 Å². The molecule has 0 bridgehead atoms. The molecule has 5 aliphatic rings. The first-order valence-corrected chi connectivity index (χ1v) is 48.9. The lowest BCUT2D eigenvalue weighted by molar-refractivity contribution is -0.166. The molecule has 5 saturated heterocycles. The van der Waals surface area contributed by atoms with Crippen molar-refractivity contribution in [3.05, 3.63) is 145 Å². The summed E-state index contributed by atoms with van der Waals surface area (Å²) in [6.45, 7) is 51.9. The summed E-state index contributed by atoms with van der Waals surface area (Å²) in [5, 5.41) is 12.7. The van der Waals surface area contributed by atoms with Gasteiger partial charge in [-0.2, -0.15) is 0 Å². The Balaban J connectivity index is 0.000000233. The first kappa shape index (κ1) is 101. The van der Waals surface area contributed by atoms with E-state index in [0.717, 1.165) is 27.5 Å². The van der Waals surface area contributed by atoms with Crippen molar-refractivity contribution < 1.29 is 93.1 Å². The summed E-state index contributed by atoms with van der Waals surface area (Å²) in [6, 6.07) is 37.6. The van der Waals surface area contributed by atoms with Crippen LogP contribution in [-0.2, 0) is 64.7 Å². The Kier molecular flexibility index (Phi) is 36.8. The Bertz CT molecular complexity index is 3880.